The number of hydrogen-bond acceptors (Lipinski definition) is 9. The summed E-state index contributed by atoms with van der Waals surface area (Å²) in [5.74, 6) is 2.97. The summed E-state index contributed by atoms with van der Waals surface area (Å²) >= 11 is 4.49. The van der Waals surface area contributed by atoms with Gasteiger partial charge in [0.25, 0.3) is 5.91 Å². The number of thiazole rings is 1. The van der Waals surface area contributed by atoms with E-state index in [9.17, 15) is 4.79 Å². The number of benzene rings is 1. The number of nitrogens with zero attached hydrogens (tertiary/aromatic N) is 3. The quantitative estimate of drug-likeness (QED) is 0.295. The summed E-state index contributed by atoms with van der Waals surface area (Å²) in [5.41, 5.74) is 0.657. The van der Waals surface area contributed by atoms with Gasteiger partial charge in [0.1, 0.15) is 27.4 Å². The van der Waals surface area contributed by atoms with Crippen LogP contribution in [0.25, 0.3) is 10.9 Å². The van der Waals surface area contributed by atoms with Crippen LogP contribution in [0.2, 0.25) is 0 Å². The number of piperidine rings is 1. The highest BCUT2D eigenvalue weighted by atomic mass is 79.9. The summed E-state index contributed by atoms with van der Waals surface area (Å²) in [6, 6.07) is 9.01. The van der Waals surface area contributed by atoms with Crippen LogP contribution in [0.1, 0.15) is 22.6 Å². The second-order valence-electron chi connectivity index (χ2n) is 8.22. The normalized spacial score (nSPS) is 13.9. The fourth-order valence-corrected chi connectivity index (χ4v) is 5.12. The molecule has 0 spiro atoms. The van der Waals surface area contributed by atoms with Gasteiger partial charge in [-0.1, -0.05) is 0 Å². The first kappa shape index (κ1) is 24.4. The first-order chi connectivity index (χ1) is 17.6. The average molecular weight is 570 g/mol. The number of anilines is 1. The standard InChI is InChI=1S/C25H24BrN5O4S/c1-33-23-19(34-13-15-6-9-27-10-7-15)4-3-17-18(8-11-28-22(17)23)35-16-2-5-21(29-12-16)31-24(32)25-30-20(26)14-36-25/h2-5,8,11-12,14-15,27H,6-7,9-10,13H2,1H3,(H,29,31,32). The molecule has 1 aliphatic rings. The number of methoxy groups -OCH3 is 1. The lowest BCUT2D eigenvalue weighted by Crippen LogP contribution is -2.30. The van der Waals surface area contributed by atoms with Gasteiger partial charge in [0.05, 0.1) is 19.9 Å². The molecule has 0 atom stereocenters. The Hall–Kier alpha value is -3.28. The Kier molecular flexibility index (Phi) is 7.59. The molecule has 0 bridgehead atoms. The van der Waals surface area contributed by atoms with Crippen molar-refractivity contribution in [3.05, 3.63) is 57.7 Å². The van der Waals surface area contributed by atoms with Crippen molar-refractivity contribution in [3.63, 3.8) is 0 Å². The number of carbonyl (C=O) groups is 1. The highest BCUT2D eigenvalue weighted by molar-refractivity contribution is 9.10. The number of aromatic nitrogens is 3. The van der Waals surface area contributed by atoms with Gasteiger partial charge < -0.3 is 24.8 Å². The zero-order valence-corrected chi connectivity index (χ0v) is 21.9. The van der Waals surface area contributed by atoms with Crippen LogP contribution in [-0.2, 0) is 0 Å². The summed E-state index contributed by atoms with van der Waals surface area (Å²) in [4.78, 5) is 25.2. The van der Waals surface area contributed by atoms with E-state index in [1.165, 1.54) is 11.3 Å². The van der Waals surface area contributed by atoms with Crippen LogP contribution >= 0.6 is 27.3 Å². The van der Waals surface area contributed by atoms with Gasteiger partial charge in [0.15, 0.2) is 16.5 Å². The van der Waals surface area contributed by atoms with Crippen LogP contribution < -0.4 is 24.8 Å². The molecule has 4 heterocycles. The van der Waals surface area contributed by atoms with E-state index in [-0.39, 0.29) is 5.91 Å². The number of carbonyl (C=O) groups excluding carboxylic acids is 1. The molecule has 0 saturated carbocycles. The number of fused-ring (bicyclic) bond motifs is 1. The molecule has 1 saturated heterocycles. The molecule has 36 heavy (non-hydrogen) atoms. The Morgan fingerprint density at radius 3 is 2.75 bits per heavy atom. The summed E-state index contributed by atoms with van der Waals surface area (Å²) < 4.78 is 18.5. The highest BCUT2D eigenvalue weighted by Crippen LogP contribution is 2.39. The Balaban J connectivity index is 1.30. The van der Waals surface area contributed by atoms with Gasteiger partial charge in [0.2, 0.25) is 0 Å². The van der Waals surface area contributed by atoms with Gasteiger partial charge in [-0.3, -0.25) is 9.78 Å². The molecule has 0 radical (unpaired) electrons. The molecule has 11 heteroatoms. The maximum absolute atomic E-state index is 12.3. The van der Waals surface area contributed by atoms with E-state index in [2.05, 4.69) is 41.5 Å². The molecule has 5 rings (SSSR count). The Morgan fingerprint density at radius 1 is 1.17 bits per heavy atom. The highest BCUT2D eigenvalue weighted by Gasteiger charge is 2.18. The summed E-state index contributed by atoms with van der Waals surface area (Å²) in [5, 5.41) is 8.98. The predicted molar refractivity (Wildman–Crippen MR) is 141 cm³/mol. The third-order valence-corrected chi connectivity index (χ3v) is 7.35. The number of hydrogen-bond donors (Lipinski definition) is 2. The molecule has 3 aromatic heterocycles. The second kappa shape index (κ2) is 11.2. The van der Waals surface area contributed by atoms with Crippen LogP contribution in [0, 0.1) is 5.92 Å². The molecule has 0 unspecified atom stereocenters. The molecule has 1 fully saturated rings. The van der Waals surface area contributed by atoms with Crippen molar-refractivity contribution >= 4 is 49.9 Å². The van der Waals surface area contributed by atoms with Crippen molar-refractivity contribution < 1.29 is 19.0 Å². The lowest BCUT2D eigenvalue weighted by Gasteiger charge is -2.23. The van der Waals surface area contributed by atoms with Crippen LogP contribution in [0.3, 0.4) is 0 Å². The van der Waals surface area contributed by atoms with Crippen molar-refractivity contribution in [2.24, 2.45) is 5.92 Å². The fourth-order valence-electron chi connectivity index (χ4n) is 3.97. The van der Waals surface area contributed by atoms with Crippen molar-refractivity contribution in [1.82, 2.24) is 20.3 Å². The third kappa shape index (κ3) is 5.58. The molecule has 4 aromatic rings. The first-order valence-electron chi connectivity index (χ1n) is 11.5. The summed E-state index contributed by atoms with van der Waals surface area (Å²) in [6.45, 7) is 2.70. The molecule has 9 nitrogen and oxygen atoms in total. The number of amides is 1. The van der Waals surface area contributed by atoms with Crippen LogP contribution in [-0.4, -0.2) is 47.7 Å². The van der Waals surface area contributed by atoms with Gasteiger partial charge in [-0.15, -0.1) is 11.3 Å². The smallest absolute Gasteiger partial charge is 0.285 e. The van der Waals surface area contributed by atoms with E-state index in [4.69, 9.17) is 14.2 Å². The number of ether oxygens (including phenoxy) is 3. The Labute approximate surface area is 220 Å². The minimum Gasteiger partial charge on any atom is -0.491 e. The van der Waals surface area contributed by atoms with E-state index in [0.29, 0.717) is 56.5 Å². The van der Waals surface area contributed by atoms with E-state index in [1.807, 2.05) is 12.1 Å². The number of nitrogens with one attached hydrogen (secondary N) is 2. The molecular weight excluding hydrogens is 546 g/mol. The zero-order valence-electron chi connectivity index (χ0n) is 19.5. The maximum Gasteiger partial charge on any atom is 0.285 e. The van der Waals surface area contributed by atoms with Gasteiger partial charge in [-0.2, -0.15) is 0 Å². The maximum atomic E-state index is 12.3. The fraction of sp³-hybridized carbons (Fsp3) is 0.280. The lowest BCUT2D eigenvalue weighted by molar-refractivity contribution is 0.102. The van der Waals surface area contributed by atoms with E-state index in [0.717, 1.165) is 31.3 Å². The minimum atomic E-state index is -0.322. The molecule has 0 aliphatic carbocycles. The summed E-state index contributed by atoms with van der Waals surface area (Å²) in [7, 11) is 1.61. The Morgan fingerprint density at radius 2 is 2.03 bits per heavy atom. The minimum absolute atomic E-state index is 0.322. The third-order valence-electron chi connectivity index (χ3n) is 5.80. The average Bonchev–Trinajstić information content (AvgIpc) is 3.35. The summed E-state index contributed by atoms with van der Waals surface area (Å²) in [6.07, 6.45) is 5.43. The van der Waals surface area contributed by atoms with Crippen molar-refractivity contribution in [2.45, 2.75) is 12.8 Å². The lowest BCUT2D eigenvalue weighted by atomic mass is 9.99. The van der Waals surface area contributed by atoms with Crippen molar-refractivity contribution in [3.8, 4) is 23.0 Å². The molecule has 186 valence electrons. The van der Waals surface area contributed by atoms with Crippen LogP contribution in [0.5, 0.6) is 23.0 Å². The topological polar surface area (TPSA) is 107 Å². The predicted octanol–water partition coefficient (Wildman–Crippen LogP) is 5.28. The van der Waals surface area contributed by atoms with Crippen molar-refractivity contribution in [1.29, 1.82) is 0 Å². The largest absolute Gasteiger partial charge is 0.491 e. The van der Waals surface area contributed by atoms with Crippen molar-refractivity contribution in [2.75, 3.05) is 32.1 Å². The van der Waals surface area contributed by atoms with Gasteiger partial charge in [0, 0.05) is 17.0 Å². The number of halogens is 1. The van der Waals surface area contributed by atoms with Gasteiger partial charge in [-0.05, 0) is 78.1 Å². The number of pyridine rings is 2. The first-order valence-corrected chi connectivity index (χ1v) is 13.1. The monoisotopic (exact) mass is 569 g/mol. The number of rotatable bonds is 8. The van der Waals surface area contributed by atoms with Gasteiger partial charge in [-0.25, -0.2) is 9.97 Å². The molecule has 1 aliphatic heterocycles. The SMILES string of the molecule is COc1c(OCC2CCNCC2)ccc2c(Oc3ccc(NC(=O)c4nc(Br)cs4)nc3)ccnc12. The zero-order chi connectivity index (χ0) is 24.9. The molecule has 1 aromatic carbocycles. The second-order valence-corrected chi connectivity index (χ2v) is 9.89. The Bertz CT molecular complexity index is 1360. The van der Waals surface area contributed by atoms with Crippen LogP contribution in [0.4, 0.5) is 5.82 Å². The van der Waals surface area contributed by atoms with E-state index < -0.39 is 0 Å². The van der Waals surface area contributed by atoms with E-state index in [1.54, 1.807) is 43.1 Å². The van der Waals surface area contributed by atoms with E-state index >= 15 is 0 Å². The molecule has 2 N–H and O–H groups in total. The molecule has 1 amide bonds. The van der Waals surface area contributed by atoms with Crippen LogP contribution in [0.15, 0.2) is 52.7 Å². The van der Waals surface area contributed by atoms with Gasteiger partial charge >= 0.3 is 0 Å². The molecular formula is C25H24BrN5O4S.